The molecule has 4 heteroatoms. The van der Waals surface area contributed by atoms with Gasteiger partial charge in [-0.05, 0) is 31.9 Å². The Kier molecular flexibility index (Phi) is 2.38. The number of ether oxygens (including phenoxy) is 1. The lowest BCUT2D eigenvalue weighted by Crippen LogP contribution is -2.42. The van der Waals surface area contributed by atoms with Gasteiger partial charge in [0.15, 0.2) is 0 Å². The van der Waals surface area contributed by atoms with E-state index in [0.717, 1.165) is 17.1 Å². The fourth-order valence-electron chi connectivity index (χ4n) is 1.77. The summed E-state index contributed by atoms with van der Waals surface area (Å²) in [4.78, 5) is 0. The molecule has 0 amide bonds. The molecular formula is C10H14BNO2. The number of methoxy groups -OCH3 is 1. The number of hydrogen-bond acceptors (Lipinski definition) is 3. The Morgan fingerprint density at radius 2 is 2.29 bits per heavy atom. The maximum Gasteiger partial charge on any atom is 0.443 e. The van der Waals surface area contributed by atoms with Crippen LogP contribution in [0.3, 0.4) is 0 Å². The Morgan fingerprint density at radius 3 is 3.00 bits per heavy atom. The molecular weight excluding hydrogens is 177 g/mol. The summed E-state index contributed by atoms with van der Waals surface area (Å²) in [5.74, 6) is 1.82. The second-order valence-corrected chi connectivity index (χ2v) is 3.55. The number of benzene rings is 1. The SMILES string of the molecule is COc1ccc2c(c1)C(C)NB(C)O2. The summed E-state index contributed by atoms with van der Waals surface area (Å²) >= 11 is 0. The minimum absolute atomic E-state index is 0.0749. The van der Waals surface area contributed by atoms with Gasteiger partial charge in [-0.15, -0.1) is 0 Å². The van der Waals surface area contributed by atoms with E-state index in [1.807, 2.05) is 25.0 Å². The van der Waals surface area contributed by atoms with Gasteiger partial charge in [0.05, 0.1) is 7.11 Å². The predicted octanol–water partition coefficient (Wildman–Crippen LogP) is 1.86. The van der Waals surface area contributed by atoms with Crippen molar-refractivity contribution in [3.8, 4) is 11.5 Å². The van der Waals surface area contributed by atoms with Crippen molar-refractivity contribution in [2.24, 2.45) is 0 Å². The van der Waals surface area contributed by atoms with Crippen LogP contribution in [0.4, 0.5) is 0 Å². The molecule has 1 aliphatic heterocycles. The highest BCUT2D eigenvalue weighted by atomic mass is 16.5. The third-order valence-corrected chi connectivity index (χ3v) is 2.47. The third-order valence-electron chi connectivity index (χ3n) is 2.47. The molecule has 2 rings (SSSR count). The average molecular weight is 191 g/mol. The second-order valence-electron chi connectivity index (χ2n) is 3.55. The predicted molar refractivity (Wildman–Crippen MR) is 56.8 cm³/mol. The Bertz CT molecular complexity index is 343. The molecule has 1 atom stereocenters. The molecule has 0 radical (unpaired) electrons. The Morgan fingerprint density at radius 1 is 1.50 bits per heavy atom. The average Bonchev–Trinajstić information content (AvgIpc) is 2.17. The molecule has 3 nitrogen and oxygen atoms in total. The summed E-state index contributed by atoms with van der Waals surface area (Å²) in [6.07, 6.45) is 0. The van der Waals surface area contributed by atoms with E-state index >= 15 is 0 Å². The van der Waals surface area contributed by atoms with Crippen LogP contribution in [-0.2, 0) is 0 Å². The van der Waals surface area contributed by atoms with Gasteiger partial charge in [0.1, 0.15) is 11.5 Å². The first-order valence-electron chi connectivity index (χ1n) is 4.81. The zero-order valence-electron chi connectivity index (χ0n) is 8.70. The Balaban J connectivity index is 2.39. The van der Waals surface area contributed by atoms with Crippen molar-refractivity contribution in [1.82, 2.24) is 5.23 Å². The second kappa shape index (κ2) is 3.54. The lowest BCUT2D eigenvalue weighted by molar-refractivity contribution is 0.410. The molecule has 1 aromatic rings. The maximum atomic E-state index is 5.64. The summed E-state index contributed by atoms with van der Waals surface area (Å²) in [6, 6.07) is 6.20. The first kappa shape index (κ1) is 9.40. The van der Waals surface area contributed by atoms with Crippen LogP contribution in [0.25, 0.3) is 0 Å². The van der Waals surface area contributed by atoms with Crippen molar-refractivity contribution in [2.75, 3.05) is 7.11 Å². The molecule has 74 valence electrons. The number of nitrogens with one attached hydrogen (secondary N) is 1. The molecule has 14 heavy (non-hydrogen) atoms. The standard InChI is InChI=1S/C10H14BNO2/c1-7-9-6-8(13-3)4-5-10(9)14-11(2)12-7/h4-7,12H,1-3H3. The lowest BCUT2D eigenvalue weighted by Gasteiger charge is -2.28. The van der Waals surface area contributed by atoms with E-state index in [1.165, 1.54) is 0 Å². The molecule has 1 aromatic carbocycles. The quantitative estimate of drug-likeness (QED) is 0.687. The number of rotatable bonds is 1. The van der Waals surface area contributed by atoms with Crippen molar-refractivity contribution >= 4 is 7.05 Å². The van der Waals surface area contributed by atoms with Gasteiger partial charge in [0.2, 0.25) is 0 Å². The van der Waals surface area contributed by atoms with Crippen LogP contribution in [0.1, 0.15) is 18.5 Å². The monoisotopic (exact) mass is 191 g/mol. The van der Waals surface area contributed by atoms with Crippen molar-refractivity contribution in [3.63, 3.8) is 0 Å². The fraction of sp³-hybridized carbons (Fsp3) is 0.400. The van der Waals surface area contributed by atoms with Gasteiger partial charge in [-0.1, -0.05) is 0 Å². The van der Waals surface area contributed by atoms with Gasteiger partial charge < -0.3 is 14.6 Å². The molecule has 1 N–H and O–H groups in total. The Hall–Kier alpha value is -1.16. The fourth-order valence-corrected chi connectivity index (χ4v) is 1.77. The molecule has 0 bridgehead atoms. The smallest absolute Gasteiger partial charge is 0.443 e. The van der Waals surface area contributed by atoms with Gasteiger partial charge in [-0.2, -0.15) is 0 Å². The van der Waals surface area contributed by atoms with Gasteiger partial charge in [-0.25, -0.2) is 0 Å². The number of hydrogen-bond donors (Lipinski definition) is 1. The first-order valence-corrected chi connectivity index (χ1v) is 4.81. The molecule has 0 fully saturated rings. The molecule has 0 saturated heterocycles. The number of fused-ring (bicyclic) bond motifs is 1. The van der Waals surface area contributed by atoms with Crippen LogP contribution in [0.5, 0.6) is 11.5 Å². The zero-order valence-corrected chi connectivity index (χ0v) is 8.70. The first-order chi connectivity index (χ1) is 6.70. The van der Waals surface area contributed by atoms with Crippen LogP contribution in [0, 0.1) is 0 Å². The summed E-state index contributed by atoms with van der Waals surface area (Å²) in [7, 11) is 1.75. The van der Waals surface area contributed by atoms with E-state index in [9.17, 15) is 0 Å². The summed E-state index contributed by atoms with van der Waals surface area (Å²) < 4.78 is 10.8. The van der Waals surface area contributed by atoms with E-state index in [-0.39, 0.29) is 7.05 Å². The highest BCUT2D eigenvalue weighted by Gasteiger charge is 2.25. The van der Waals surface area contributed by atoms with Crippen LogP contribution < -0.4 is 14.6 Å². The topological polar surface area (TPSA) is 30.5 Å². The highest BCUT2D eigenvalue weighted by Crippen LogP contribution is 2.32. The van der Waals surface area contributed by atoms with Gasteiger partial charge in [0.25, 0.3) is 0 Å². The van der Waals surface area contributed by atoms with Crippen LogP contribution in [0.2, 0.25) is 6.82 Å². The van der Waals surface area contributed by atoms with Gasteiger partial charge >= 0.3 is 7.05 Å². The zero-order chi connectivity index (χ0) is 10.1. The van der Waals surface area contributed by atoms with Crippen molar-refractivity contribution in [2.45, 2.75) is 19.8 Å². The van der Waals surface area contributed by atoms with E-state index in [2.05, 4.69) is 12.2 Å². The van der Waals surface area contributed by atoms with E-state index in [4.69, 9.17) is 9.39 Å². The normalized spacial score (nSPS) is 19.9. The van der Waals surface area contributed by atoms with Crippen molar-refractivity contribution in [1.29, 1.82) is 0 Å². The largest absolute Gasteiger partial charge is 0.546 e. The highest BCUT2D eigenvalue weighted by molar-refractivity contribution is 6.48. The molecule has 0 saturated carbocycles. The van der Waals surface area contributed by atoms with Crippen molar-refractivity contribution < 1.29 is 9.39 Å². The third kappa shape index (κ3) is 1.57. The van der Waals surface area contributed by atoms with Crippen molar-refractivity contribution in [3.05, 3.63) is 23.8 Å². The van der Waals surface area contributed by atoms with E-state index in [1.54, 1.807) is 7.11 Å². The molecule has 1 unspecified atom stereocenters. The molecule has 1 aliphatic rings. The lowest BCUT2D eigenvalue weighted by atomic mass is 9.82. The van der Waals surface area contributed by atoms with Crippen LogP contribution in [0.15, 0.2) is 18.2 Å². The van der Waals surface area contributed by atoms with Crippen LogP contribution in [-0.4, -0.2) is 14.2 Å². The van der Waals surface area contributed by atoms with Gasteiger partial charge in [-0.3, -0.25) is 0 Å². The molecule has 1 heterocycles. The molecule has 0 aromatic heterocycles. The summed E-state index contributed by atoms with van der Waals surface area (Å²) in [5, 5.41) is 3.31. The molecule has 0 aliphatic carbocycles. The van der Waals surface area contributed by atoms with E-state index in [0.29, 0.717) is 6.04 Å². The summed E-state index contributed by atoms with van der Waals surface area (Å²) in [6.45, 7) is 4.13. The van der Waals surface area contributed by atoms with E-state index < -0.39 is 0 Å². The maximum absolute atomic E-state index is 5.64. The molecule has 0 spiro atoms. The minimum Gasteiger partial charge on any atom is -0.546 e. The minimum atomic E-state index is 0.0749. The van der Waals surface area contributed by atoms with Gasteiger partial charge in [0, 0.05) is 11.6 Å². The van der Waals surface area contributed by atoms with Crippen LogP contribution >= 0.6 is 0 Å². The Labute approximate surface area is 84.5 Å². The summed E-state index contributed by atoms with van der Waals surface area (Å²) in [5.41, 5.74) is 1.16.